The SMILES string of the molecule is Cc1nonc1COc1ccc(N2CCNCC2)cc1. The van der Waals surface area contributed by atoms with Gasteiger partial charge < -0.3 is 15.0 Å². The summed E-state index contributed by atoms with van der Waals surface area (Å²) in [5, 5.41) is 10.9. The quantitative estimate of drug-likeness (QED) is 0.908. The predicted octanol–water partition coefficient (Wildman–Crippen LogP) is 1.37. The summed E-state index contributed by atoms with van der Waals surface area (Å²) in [5.74, 6) is 0.825. The predicted molar refractivity (Wildman–Crippen MR) is 74.9 cm³/mol. The van der Waals surface area contributed by atoms with Gasteiger partial charge in [0.25, 0.3) is 0 Å². The van der Waals surface area contributed by atoms with Gasteiger partial charge in [-0.15, -0.1) is 0 Å². The molecule has 20 heavy (non-hydrogen) atoms. The van der Waals surface area contributed by atoms with Crippen LogP contribution in [-0.2, 0) is 6.61 Å². The highest BCUT2D eigenvalue weighted by atomic mass is 16.6. The molecule has 0 atom stereocenters. The molecular formula is C14H18N4O2. The van der Waals surface area contributed by atoms with Crippen molar-refractivity contribution in [1.82, 2.24) is 15.6 Å². The maximum atomic E-state index is 5.68. The van der Waals surface area contributed by atoms with Crippen molar-refractivity contribution in [3.05, 3.63) is 35.7 Å². The number of hydrogen-bond acceptors (Lipinski definition) is 6. The molecule has 0 unspecified atom stereocenters. The monoisotopic (exact) mass is 274 g/mol. The van der Waals surface area contributed by atoms with Gasteiger partial charge in [0.1, 0.15) is 23.7 Å². The Morgan fingerprint density at radius 3 is 2.60 bits per heavy atom. The maximum Gasteiger partial charge on any atom is 0.145 e. The van der Waals surface area contributed by atoms with Crippen molar-refractivity contribution in [2.75, 3.05) is 31.1 Å². The number of aryl methyl sites for hydroxylation is 1. The highest BCUT2D eigenvalue weighted by Gasteiger charge is 2.10. The highest BCUT2D eigenvalue weighted by Crippen LogP contribution is 2.20. The zero-order valence-corrected chi connectivity index (χ0v) is 11.5. The van der Waals surface area contributed by atoms with E-state index in [-0.39, 0.29) is 0 Å². The summed E-state index contributed by atoms with van der Waals surface area (Å²) < 4.78 is 10.3. The number of ether oxygens (including phenoxy) is 1. The molecule has 0 bridgehead atoms. The summed E-state index contributed by atoms with van der Waals surface area (Å²) in [7, 11) is 0. The Morgan fingerprint density at radius 2 is 1.95 bits per heavy atom. The lowest BCUT2D eigenvalue weighted by molar-refractivity contribution is 0.270. The van der Waals surface area contributed by atoms with Crippen LogP contribution in [-0.4, -0.2) is 36.5 Å². The van der Waals surface area contributed by atoms with Crippen LogP contribution in [0.1, 0.15) is 11.4 Å². The summed E-state index contributed by atoms with van der Waals surface area (Å²) >= 11 is 0. The maximum absolute atomic E-state index is 5.68. The van der Waals surface area contributed by atoms with Crippen molar-refractivity contribution in [3.63, 3.8) is 0 Å². The summed E-state index contributed by atoms with van der Waals surface area (Å²) in [6, 6.07) is 8.16. The number of nitrogens with zero attached hydrogens (tertiary/aromatic N) is 3. The molecule has 0 spiro atoms. The molecule has 1 aliphatic rings. The van der Waals surface area contributed by atoms with Gasteiger partial charge in [-0.25, -0.2) is 4.63 Å². The number of anilines is 1. The molecule has 0 saturated carbocycles. The van der Waals surface area contributed by atoms with Crippen molar-refractivity contribution in [1.29, 1.82) is 0 Å². The molecule has 106 valence electrons. The van der Waals surface area contributed by atoms with E-state index in [1.54, 1.807) is 0 Å². The fourth-order valence-corrected chi connectivity index (χ4v) is 2.21. The van der Waals surface area contributed by atoms with Crippen LogP contribution >= 0.6 is 0 Å². The first kappa shape index (κ1) is 12.9. The molecule has 0 radical (unpaired) electrons. The van der Waals surface area contributed by atoms with E-state index in [2.05, 4.69) is 37.3 Å². The lowest BCUT2D eigenvalue weighted by atomic mass is 10.2. The van der Waals surface area contributed by atoms with Crippen LogP contribution in [0.3, 0.4) is 0 Å². The third kappa shape index (κ3) is 2.91. The van der Waals surface area contributed by atoms with E-state index in [0.717, 1.165) is 43.3 Å². The van der Waals surface area contributed by atoms with Crippen molar-refractivity contribution >= 4 is 5.69 Å². The smallest absolute Gasteiger partial charge is 0.145 e. The number of aromatic nitrogens is 2. The highest BCUT2D eigenvalue weighted by molar-refractivity contribution is 5.49. The first-order chi connectivity index (χ1) is 9.83. The molecule has 1 aromatic carbocycles. The van der Waals surface area contributed by atoms with E-state index in [0.29, 0.717) is 6.61 Å². The molecule has 0 amide bonds. The number of nitrogens with one attached hydrogen (secondary N) is 1. The largest absolute Gasteiger partial charge is 0.487 e. The summed E-state index contributed by atoms with van der Waals surface area (Å²) in [6.45, 7) is 6.40. The number of hydrogen-bond donors (Lipinski definition) is 1. The Kier molecular flexibility index (Phi) is 3.83. The van der Waals surface area contributed by atoms with Crippen molar-refractivity contribution in [3.8, 4) is 5.75 Å². The van der Waals surface area contributed by atoms with Crippen LogP contribution < -0.4 is 15.0 Å². The minimum absolute atomic E-state index is 0.377. The zero-order valence-electron chi connectivity index (χ0n) is 11.5. The van der Waals surface area contributed by atoms with Gasteiger partial charge in [-0.1, -0.05) is 10.3 Å². The van der Waals surface area contributed by atoms with Crippen molar-refractivity contribution in [2.24, 2.45) is 0 Å². The fraction of sp³-hybridized carbons (Fsp3) is 0.429. The first-order valence-electron chi connectivity index (χ1n) is 6.79. The molecule has 1 saturated heterocycles. The minimum atomic E-state index is 0.377. The molecular weight excluding hydrogens is 256 g/mol. The van der Waals surface area contributed by atoms with E-state index in [9.17, 15) is 0 Å². The van der Waals surface area contributed by atoms with Gasteiger partial charge in [0.05, 0.1) is 0 Å². The van der Waals surface area contributed by atoms with E-state index in [1.165, 1.54) is 5.69 Å². The van der Waals surface area contributed by atoms with Crippen LogP contribution in [0.5, 0.6) is 5.75 Å². The first-order valence-corrected chi connectivity index (χ1v) is 6.79. The topological polar surface area (TPSA) is 63.4 Å². The second-order valence-electron chi connectivity index (χ2n) is 4.82. The standard InChI is InChI=1S/C14H18N4O2/c1-11-14(17-20-16-11)10-19-13-4-2-12(3-5-13)18-8-6-15-7-9-18/h2-5,15H,6-10H2,1H3. The van der Waals surface area contributed by atoms with Gasteiger partial charge in [-0.2, -0.15) is 0 Å². The molecule has 3 rings (SSSR count). The third-order valence-electron chi connectivity index (χ3n) is 3.44. The lowest BCUT2D eigenvalue weighted by Gasteiger charge is -2.29. The van der Waals surface area contributed by atoms with Crippen LogP contribution in [0.2, 0.25) is 0 Å². The third-order valence-corrected chi connectivity index (χ3v) is 3.44. The fourth-order valence-electron chi connectivity index (χ4n) is 2.21. The summed E-state index contributed by atoms with van der Waals surface area (Å²) in [4.78, 5) is 2.37. The molecule has 6 nitrogen and oxygen atoms in total. The second kappa shape index (κ2) is 5.92. The average Bonchev–Trinajstić information content (AvgIpc) is 2.92. The Balaban J connectivity index is 1.59. The van der Waals surface area contributed by atoms with E-state index in [4.69, 9.17) is 4.74 Å². The molecule has 2 aromatic rings. The number of rotatable bonds is 4. The van der Waals surface area contributed by atoms with Crippen LogP contribution in [0, 0.1) is 6.92 Å². The van der Waals surface area contributed by atoms with Crippen molar-refractivity contribution < 1.29 is 9.37 Å². The Labute approximate surface area is 117 Å². The van der Waals surface area contributed by atoms with Crippen molar-refractivity contribution in [2.45, 2.75) is 13.5 Å². The van der Waals surface area contributed by atoms with Gasteiger partial charge in [-0.05, 0) is 31.2 Å². The van der Waals surface area contributed by atoms with Gasteiger partial charge >= 0.3 is 0 Å². The van der Waals surface area contributed by atoms with Crippen LogP contribution in [0.15, 0.2) is 28.9 Å². The number of piperazine rings is 1. The molecule has 1 aliphatic heterocycles. The molecule has 0 aliphatic carbocycles. The van der Waals surface area contributed by atoms with Crippen LogP contribution in [0.25, 0.3) is 0 Å². The number of benzene rings is 1. The van der Waals surface area contributed by atoms with E-state index >= 15 is 0 Å². The molecule has 1 aromatic heterocycles. The van der Waals surface area contributed by atoms with E-state index < -0.39 is 0 Å². The molecule has 1 fully saturated rings. The Morgan fingerprint density at radius 1 is 1.20 bits per heavy atom. The van der Waals surface area contributed by atoms with Gasteiger partial charge in [0.15, 0.2) is 0 Å². The lowest BCUT2D eigenvalue weighted by Crippen LogP contribution is -2.43. The molecule has 1 N–H and O–H groups in total. The molecule has 6 heteroatoms. The summed E-state index contributed by atoms with van der Waals surface area (Å²) in [6.07, 6.45) is 0. The van der Waals surface area contributed by atoms with Crippen LogP contribution in [0.4, 0.5) is 5.69 Å². The molecule has 2 heterocycles. The zero-order chi connectivity index (χ0) is 13.8. The van der Waals surface area contributed by atoms with E-state index in [1.807, 2.05) is 19.1 Å². The normalized spacial score (nSPS) is 15.3. The van der Waals surface area contributed by atoms with Gasteiger partial charge in [-0.3, -0.25) is 0 Å². The van der Waals surface area contributed by atoms with Gasteiger partial charge in [0.2, 0.25) is 0 Å². The van der Waals surface area contributed by atoms with Gasteiger partial charge in [0, 0.05) is 31.9 Å². The average molecular weight is 274 g/mol. The Bertz CT molecular complexity index is 547. The summed E-state index contributed by atoms with van der Waals surface area (Å²) in [5.41, 5.74) is 2.73. The Hall–Kier alpha value is -2.08. The minimum Gasteiger partial charge on any atom is -0.487 e. The second-order valence-corrected chi connectivity index (χ2v) is 4.82.